The average molecular weight is 369 g/mol. The van der Waals surface area contributed by atoms with Gasteiger partial charge in [-0.3, -0.25) is 0 Å². The molecule has 7 heteroatoms. The fourth-order valence-electron chi connectivity index (χ4n) is 2.43. The maximum atomic E-state index is 7.02. The van der Waals surface area contributed by atoms with Crippen LogP contribution in [0, 0.1) is 0 Å². The normalized spacial score (nSPS) is 14.1. The van der Waals surface area contributed by atoms with Crippen molar-refractivity contribution in [1.82, 2.24) is 0 Å². The second kappa shape index (κ2) is 8.08. The highest BCUT2D eigenvalue weighted by Gasteiger charge is 2.50. The zero-order valence-electron chi connectivity index (χ0n) is 12.2. The van der Waals surface area contributed by atoms with Gasteiger partial charge in [-0.2, -0.15) is 0 Å². The smallest absolute Gasteiger partial charge is 0.144 e. The van der Waals surface area contributed by atoms with Crippen LogP contribution < -0.4 is 0 Å². The molecule has 0 N–H and O–H groups in total. The lowest BCUT2D eigenvalue weighted by Gasteiger charge is -2.42. The van der Waals surface area contributed by atoms with Crippen LogP contribution >= 0.6 is 53.8 Å². The molecule has 104 valence electrons. The maximum absolute atomic E-state index is 7.02. The third-order valence-corrected chi connectivity index (χ3v) is 30.8. The third-order valence-electron chi connectivity index (χ3n) is 2.65. The standard InChI is InChI=1S/C10H26Cl2P4Si/c1-13(2)9(14(3)4)17(11,12)10(15(5)6)16(7)8/h9-10H,1-8H3. The van der Waals surface area contributed by atoms with Crippen LogP contribution in [0.25, 0.3) is 0 Å². The summed E-state index contributed by atoms with van der Waals surface area (Å²) in [4.78, 5) is 0. The van der Waals surface area contributed by atoms with Gasteiger partial charge in [-0.25, -0.2) is 0 Å². The number of hydrogen-bond acceptors (Lipinski definition) is 0. The minimum Gasteiger partial charge on any atom is -0.144 e. The Balaban J connectivity index is 5.30. The zero-order valence-corrected chi connectivity index (χ0v) is 18.3. The van der Waals surface area contributed by atoms with Gasteiger partial charge in [-0.1, -0.05) is 0 Å². The molecule has 0 amide bonds. The lowest BCUT2D eigenvalue weighted by Crippen LogP contribution is -2.44. The van der Waals surface area contributed by atoms with Gasteiger partial charge in [0, 0.05) is 10.0 Å². The van der Waals surface area contributed by atoms with Gasteiger partial charge in [-0.05, 0) is 53.3 Å². The molecule has 0 aromatic heterocycles. The van der Waals surface area contributed by atoms with Crippen molar-refractivity contribution in [2.75, 3.05) is 53.3 Å². The molecule has 0 unspecified atom stereocenters. The summed E-state index contributed by atoms with van der Waals surface area (Å²) in [7, 11) is -0.104. The molecule has 0 bridgehead atoms. The second-order valence-corrected chi connectivity index (χ2v) is 24.6. The van der Waals surface area contributed by atoms with Gasteiger partial charge in [-0.15, -0.1) is 53.8 Å². The van der Waals surface area contributed by atoms with E-state index in [1.807, 2.05) is 0 Å². The van der Waals surface area contributed by atoms with Gasteiger partial charge in [0.25, 0.3) is 6.69 Å². The van der Waals surface area contributed by atoms with Gasteiger partial charge >= 0.3 is 0 Å². The minimum absolute atomic E-state index is 0.0260. The monoisotopic (exact) mass is 368 g/mol. The number of rotatable bonds is 6. The second-order valence-electron chi connectivity index (χ2n) is 5.28. The highest BCUT2D eigenvalue weighted by molar-refractivity contribution is 7.90. The van der Waals surface area contributed by atoms with E-state index in [2.05, 4.69) is 53.3 Å². The molecule has 0 fully saturated rings. The van der Waals surface area contributed by atoms with Crippen molar-refractivity contribution in [1.29, 1.82) is 0 Å². The SMILES string of the molecule is CP(C)C(P(C)C)[Si](Cl)(Cl)C(P(C)C)P(C)C. The van der Waals surface area contributed by atoms with E-state index in [9.17, 15) is 0 Å². The summed E-state index contributed by atoms with van der Waals surface area (Å²) in [6.45, 7) is 16.7. The largest absolute Gasteiger partial charge is 0.273 e. The van der Waals surface area contributed by atoms with Gasteiger partial charge in [0.05, 0.1) is 0 Å². The van der Waals surface area contributed by atoms with Crippen LogP contribution in [0.5, 0.6) is 0 Å². The summed E-state index contributed by atoms with van der Waals surface area (Å²) >= 11 is 14.0. The van der Waals surface area contributed by atoms with E-state index >= 15 is 0 Å². The Morgan fingerprint density at radius 1 is 0.588 bits per heavy atom. The Kier molecular flexibility index (Phi) is 9.28. The molecule has 0 aromatic carbocycles. The molecule has 0 aliphatic carbocycles. The van der Waals surface area contributed by atoms with E-state index in [4.69, 9.17) is 22.2 Å². The molecule has 0 aliphatic heterocycles. The van der Waals surface area contributed by atoms with Crippen LogP contribution in [0.1, 0.15) is 0 Å². The maximum Gasteiger partial charge on any atom is 0.273 e. The molecule has 0 spiro atoms. The third kappa shape index (κ3) is 5.42. The quantitative estimate of drug-likeness (QED) is 0.325. The van der Waals surface area contributed by atoms with Crippen LogP contribution in [0.15, 0.2) is 0 Å². The van der Waals surface area contributed by atoms with Crippen molar-refractivity contribution >= 4 is 60.5 Å². The summed E-state index contributed by atoms with van der Waals surface area (Å²) in [6.07, 6.45) is 0. The first-order valence-corrected chi connectivity index (χ1v) is 19.0. The van der Waals surface area contributed by atoms with Crippen LogP contribution in [0.3, 0.4) is 0 Å². The van der Waals surface area contributed by atoms with Crippen LogP contribution in [0.2, 0.25) is 0 Å². The Hall–Kier alpha value is 2.52. The zero-order chi connectivity index (χ0) is 14.0. The molecule has 0 heterocycles. The molecular weight excluding hydrogens is 343 g/mol. The molecule has 0 atom stereocenters. The molecule has 0 saturated carbocycles. The molecule has 0 radical (unpaired) electrons. The van der Waals surface area contributed by atoms with Gasteiger partial charge in [0.2, 0.25) is 0 Å². The van der Waals surface area contributed by atoms with E-state index in [-0.39, 0.29) is 31.7 Å². The summed E-state index contributed by atoms with van der Waals surface area (Å²) in [5, 5.41) is 1.27. The Bertz CT molecular complexity index is 196. The highest BCUT2D eigenvalue weighted by Crippen LogP contribution is 2.65. The van der Waals surface area contributed by atoms with E-state index in [0.29, 0.717) is 10.0 Å². The first-order chi connectivity index (χ1) is 7.53. The van der Waals surface area contributed by atoms with Gasteiger partial charge < -0.3 is 0 Å². The van der Waals surface area contributed by atoms with Crippen molar-refractivity contribution < 1.29 is 0 Å². The van der Waals surface area contributed by atoms with E-state index < -0.39 is 6.69 Å². The average Bonchev–Trinajstić information content (AvgIpc) is 1.96. The van der Waals surface area contributed by atoms with Crippen molar-refractivity contribution in [3.05, 3.63) is 0 Å². The van der Waals surface area contributed by atoms with Crippen molar-refractivity contribution in [2.45, 2.75) is 10.0 Å². The fourth-order valence-corrected chi connectivity index (χ4v) is 38.4. The molecular formula is C10H26Cl2P4Si. The Morgan fingerprint density at radius 2 is 0.765 bits per heavy atom. The van der Waals surface area contributed by atoms with Crippen molar-refractivity contribution in [3.63, 3.8) is 0 Å². The van der Waals surface area contributed by atoms with E-state index in [1.54, 1.807) is 0 Å². The van der Waals surface area contributed by atoms with Crippen LogP contribution in [-0.2, 0) is 0 Å². The summed E-state index contributed by atoms with van der Waals surface area (Å²) in [6, 6.07) is 0. The Morgan fingerprint density at radius 3 is 0.882 bits per heavy atom. The Labute approximate surface area is 123 Å². The molecule has 17 heavy (non-hydrogen) atoms. The molecule has 0 aromatic rings. The number of halogens is 2. The molecule has 0 aliphatic rings. The lowest BCUT2D eigenvalue weighted by atomic mass is 11.7. The molecule has 0 nitrogen and oxygen atoms in total. The lowest BCUT2D eigenvalue weighted by molar-refractivity contribution is 1.62. The van der Waals surface area contributed by atoms with Crippen molar-refractivity contribution in [2.24, 2.45) is 0 Å². The van der Waals surface area contributed by atoms with Crippen LogP contribution in [0.4, 0.5) is 0 Å². The first kappa shape index (κ1) is 19.5. The topological polar surface area (TPSA) is 0 Å². The highest BCUT2D eigenvalue weighted by atomic mass is 35.7. The summed E-state index contributed by atoms with van der Waals surface area (Å²) in [5.41, 5.74) is 0. The van der Waals surface area contributed by atoms with E-state index in [1.165, 1.54) is 0 Å². The number of hydrogen-bond donors (Lipinski definition) is 0. The van der Waals surface area contributed by atoms with E-state index in [0.717, 1.165) is 0 Å². The molecule has 0 rings (SSSR count). The summed E-state index contributed by atoms with van der Waals surface area (Å²) in [5.74, 6) is 0. The fraction of sp³-hybridized carbons (Fsp3) is 1.00. The predicted octanol–water partition coefficient (Wildman–Crippen LogP) is 5.60. The van der Waals surface area contributed by atoms with Gasteiger partial charge in [0.15, 0.2) is 0 Å². The minimum atomic E-state index is -2.15. The predicted molar refractivity (Wildman–Crippen MR) is 100 cm³/mol. The van der Waals surface area contributed by atoms with Crippen molar-refractivity contribution in [3.8, 4) is 0 Å². The molecule has 0 saturated heterocycles. The van der Waals surface area contributed by atoms with Gasteiger partial charge in [0.1, 0.15) is 0 Å². The summed E-state index contributed by atoms with van der Waals surface area (Å²) < 4.78 is 0. The first-order valence-electron chi connectivity index (χ1n) is 5.57. The van der Waals surface area contributed by atoms with Crippen LogP contribution in [-0.4, -0.2) is 70.1 Å².